The average molecular weight is 337 g/mol. The number of thioether (sulfide) groups is 1. The van der Waals surface area contributed by atoms with Gasteiger partial charge in [-0.3, -0.25) is 10.1 Å². The van der Waals surface area contributed by atoms with E-state index >= 15 is 0 Å². The zero-order valence-corrected chi connectivity index (χ0v) is 14.5. The molecule has 0 aliphatic rings. The summed E-state index contributed by atoms with van der Waals surface area (Å²) in [4.78, 5) is 12.1. The number of ether oxygens (including phenoxy) is 1. The molecule has 1 N–H and O–H groups in total. The molecule has 0 saturated heterocycles. The molecule has 1 amide bonds. The van der Waals surface area contributed by atoms with Crippen molar-refractivity contribution in [2.24, 2.45) is 0 Å². The first-order valence-corrected chi connectivity index (χ1v) is 8.89. The van der Waals surface area contributed by atoms with Crippen molar-refractivity contribution < 1.29 is 9.53 Å². The van der Waals surface area contributed by atoms with Gasteiger partial charge in [0.15, 0.2) is 10.4 Å². The Bertz CT molecular complexity index is 614. The lowest BCUT2D eigenvalue weighted by atomic mass is 10.2. The van der Waals surface area contributed by atoms with Crippen LogP contribution in [-0.4, -0.2) is 28.0 Å². The number of hydrogen-bond donors (Lipinski definition) is 1. The highest BCUT2D eigenvalue weighted by molar-refractivity contribution is 8.01. The first-order chi connectivity index (χ1) is 10.6. The second-order valence-electron chi connectivity index (χ2n) is 4.78. The number of nitrogens with one attached hydrogen (secondary N) is 1. The van der Waals surface area contributed by atoms with Gasteiger partial charge in [0, 0.05) is 5.75 Å². The Balaban J connectivity index is 1.88. The largest absolute Gasteiger partial charge is 0.481 e. The summed E-state index contributed by atoms with van der Waals surface area (Å²) in [6.45, 7) is 5.83. The molecular weight excluding hydrogens is 318 g/mol. The van der Waals surface area contributed by atoms with Crippen LogP contribution < -0.4 is 10.1 Å². The molecule has 0 bridgehead atoms. The maximum atomic E-state index is 12.1. The summed E-state index contributed by atoms with van der Waals surface area (Å²) in [6, 6.07) is 7.59. The van der Waals surface area contributed by atoms with E-state index in [1.807, 2.05) is 31.2 Å². The molecule has 0 radical (unpaired) electrons. The van der Waals surface area contributed by atoms with Gasteiger partial charge in [-0.15, -0.1) is 10.2 Å². The number of amides is 1. The van der Waals surface area contributed by atoms with Gasteiger partial charge >= 0.3 is 0 Å². The molecule has 1 aromatic carbocycles. The standard InChI is InChI=1S/C15H19N3O2S2/c1-4-9-21-15-18-17-14(22-15)16-13(19)11(3)20-12-7-5-10(2)6-8-12/h5-8,11H,4,9H2,1-3H3,(H,16,17,19). The van der Waals surface area contributed by atoms with Gasteiger partial charge in [0.25, 0.3) is 5.91 Å². The summed E-state index contributed by atoms with van der Waals surface area (Å²) in [5.74, 6) is 1.43. The van der Waals surface area contributed by atoms with E-state index in [2.05, 4.69) is 22.4 Å². The monoisotopic (exact) mass is 337 g/mol. The Morgan fingerprint density at radius 2 is 2.09 bits per heavy atom. The lowest BCUT2D eigenvalue weighted by Crippen LogP contribution is -2.30. The number of carbonyl (C=O) groups excluding carboxylic acids is 1. The van der Waals surface area contributed by atoms with Crippen LogP contribution in [0, 0.1) is 6.92 Å². The van der Waals surface area contributed by atoms with Crippen molar-refractivity contribution >= 4 is 34.1 Å². The molecule has 1 atom stereocenters. The Kier molecular flexibility index (Phi) is 6.21. The fraction of sp³-hybridized carbons (Fsp3) is 0.400. The smallest absolute Gasteiger partial charge is 0.266 e. The van der Waals surface area contributed by atoms with Gasteiger partial charge in [-0.05, 0) is 32.4 Å². The quantitative estimate of drug-likeness (QED) is 0.616. The molecule has 0 saturated carbocycles. The molecular formula is C15H19N3O2S2. The second-order valence-corrected chi connectivity index (χ2v) is 7.10. The van der Waals surface area contributed by atoms with Gasteiger partial charge in [0.1, 0.15) is 5.75 Å². The van der Waals surface area contributed by atoms with Crippen LogP contribution >= 0.6 is 23.1 Å². The van der Waals surface area contributed by atoms with Gasteiger partial charge in [0.2, 0.25) is 5.13 Å². The van der Waals surface area contributed by atoms with Crippen LogP contribution in [0.5, 0.6) is 5.75 Å². The van der Waals surface area contributed by atoms with Crippen LogP contribution in [-0.2, 0) is 4.79 Å². The topological polar surface area (TPSA) is 64.1 Å². The maximum absolute atomic E-state index is 12.1. The molecule has 7 heteroatoms. The van der Waals surface area contributed by atoms with Crippen molar-refractivity contribution in [3.63, 3.8) is 0 Å². The van der Waals surface area contributed by atoms with Gasteiger partial charge in [0.05, 0.1) is 0 Å². The van der Waals surface area contributed by atoms with Crippen LogP contribution in [0.15, 0.2) is 28.6 Å². The van der Waals surface area contributed by atoms with Crippen molar-refractivity contribution in [3.05, 3.63) is 29.8 Å². The summed E-state index contributed by atoms with van der Waals surface area (Å²) in [6.07, 6.45) is 0.478. The van der Waals surface area contributed by atoms with Crippen LogP contribution in [0.2, 0.25) is 0 Å². The predicted molar refractivity (Wildman–Crippen MR) is 90.8 cm³/mol. The minimum absolute atomic E-state index is 0.233. The molecule has 0 fully saturated rings. The van der Waals surface area contributed by atoms with E-state index in [4.69, 9.17) is 4.74 Å². The minimum atomic E-state index is -0.599. The van der Waals surface area contributed by atoms with E-state index in [1.54, 1.807) is 18.7 Å². The Hall–Kier alpha value is -1.60. The van der Waals surface area contributed by atoms with E-state index < -0.39 is 6.10 Å². The van der Waals surface area contributed by atoms with Crippen LogP contribution in [0.4, 0.5) is 5.13 Å². The third-order valence-corrected chi connectivity index (χ3v) is 4.95. The number of carbonyl (C=O) groups is 1. The molecule has 0 spiro atoms. The lowest BCUT2D eigenvalue weighted by Gasteiger charge is -2.13. The highest BCUT2D eigenvalue weighted by Crippen LogP contribution is 2.26. The van der Waals surface area contributed by atoms with E-state index in [0.29, 0.717) is 10.9 Å². The van der Waals surface area contributed by atoms with Gasteiger partial charge < -0.3 is 4.74 Å². The number of anilines is 1. The number of hydrogen-bond acceptors (Lipinski definition) is 6. The van der Waals surface area contributed by atoms with E-state index in [9.17, 15) is 4.79 Å². The second kappa shape index (κ2) is 8.14. The summed E-state index contributed by atoms with van der Waals surface area (Å²) >= 11 is 3.02. The normalized spacial score (nSPS) is 12.0. The van der Waals surface area contributed by atoms with E-state index in [-0.39, 0.29) is 5.91 Å². The molecule has 2 aromatic rings. The summed E-state index contributed by atoms with van der Waals surface area (Å²) in [5, 5.41) is 11.2. The predicted octanol–water partition coefficient (Wildman–Crippen LogP) is 3.75. The number of rotatable bonds is 7. The molecule has 5 nitrogen and oxygen atoms in total. The SMILES string of the molecule is CCCSc1nnc(NC(=O)C(C)Oc2ccc(C)cc2)s1. The Labute approximate surface area is 138 Å². The zero-order chi connectivity index (χ0) is 15.9. The summed E-state index contributed by atoms with van der Waals surface area (Å²) in [7, 11) is 0. The van der Waals surface area contributed by atoms with E-state index in [1.165, 1.54) is 11.3 Å². The maximum Gasteiger partial charge on any atom is 0.266 e. The Morgan fingerprint density at radius 1 is 1.36 bits per heavy atom. The molecule has 0 aliphatic heterocycles. The molecule has 22 heavy (non-hydrogen) atoms. The summed E-state index contributed by atoms with van der Waals surface area (Å²) < 4.78 is 6.48. The van der Waals surface area contributed by atoms with Crippen molar-refractivity contribution in [2.75, 3.05) is 11.1 Å². The molecule has 1 heterocycles. The fourth-order valence-electron chi connectivity index (χ4n) is 1.59. The third kappa shape index (κ3) is 4.99. The third-order valence-electron chi connectivity index (χ3n) is 2.77. The fourth-order valence-corrected chi connectivity index (χ4v) is 3.27. The number of nitrogens with zero attached hydrogens (tertiary/aromatic N) is 2. The Morgan fingerprint density at radius 3 is 2.77 bits per heavy atom. The van der Waals surface area contributed by atoms with Crippen molar-refractivity contribution in [1.29, 1.82) is 0 Å². The molecule has 1 unspecified atom stereocenters. The van der Waals surface area contributed by atoms with E-state index in [0.717, 1.165) is 22.1 Å². The zero-order valence-electron chi connectivity index (χ0n) is 12.8. The average Bonchev–Trinajstić information content (AvgIpc) is 2.95. The first-order valence-electron chi connectivity index (χ1n) is 7.09. The van der Waals surface area contributed by atoms with Gasteiger partial charge in [-0.1, -0.05) is 47.7 Å². The van der Waals surface area contributed by atoms with Crippen LogP contribution in [0.1, 0.15) is 25.8 Å². The first kappa shape index (κ1) is 16.8. The number of benzene rings is 1. The number of aryl methyl sites for hydroxylation is 1. The van der Waals surface area contributed by atoms with Crippen molar-refractivity contribution in [1.82, 2.24) is 10.2 Å². The van der Waals surface area contributed by atoms with Gasteiger partial charge in [-0.25, -0.2) is 0 Å². The number of aromatic nitrogens is 2. The van der Waals surface area contributed by atoms with Crippen LogP contribution in [0.25, 0.3) is 0 Å². The molecule has 1 aromatic heterocycles. The molecule has 2 rings (SSSR count). The molecule has 0 aliphatic carbocycles. The summed E-state index contributed by atoms with van der Waals surface area (Å²) in [5.41, 5.74) is 1.15. The van der Waals surface area contributed by atoms with Crippen molar-refractivity contribution in [2.45, 2.75) is 37.6 Å². The van der Waals surface area contributed by atoms with Gasteiger partial charge in [-0.2, -0.15) is 0 Å². The van der Waals surface area contributed by atoms with Crippen LogP contribution in [0.3, 0.4) is 0 Å². The molecule has 118 valence electrons. The minimum Gasteiger partial charge on any atom is -0.481 e. The van der Waals surface area contributed by atoms with Crippen molar-refractivity contribution in [3.8, 4) is 5.75 Å². The highest BCUT2D eigenvalue weighted by atomic mass is 32.2. The highest BCUT2D eigenvalue weighted by Gasteiger charge is 2.17. The lowest BCUT2D eigenvalue weighted by molar-refractivity contribution is -0.122.